The van der Waals surface area contributed by atoms with E-state index in [4.69, 9.17) is 62.8 Å². The molecule has 18 N–H and O–H groups in total. The van der Waals surface area contributed by atoms with Gasteiger partial charge in [0.1, 0.15) is 54.9 Å². The summed E-state index contributed by atoms with van der Waals surface area (Å²) in [6.07, 6.45) is -16.5. The molecule has 1 saturated carbocycles. The third-order valence-electron chi connectivity index (χ3n) is 8.58. The molecule has 3 aliphatic heterocycles. The van der Waals surface area contributed by atoms with Crippen molar-refractivity contribution in [2.45, 2.75) is 136 Å². The van der Waals surface area contributed by atoms with Crippen molar-refractivity contribution in [1.29, 1.82) is 0 Å². The summed E-state index contributed by atoms with van der Waals surface area (Å²) in [5.41, 5.74) is 36.1. The Hall–Kier alpha value is -0.720. The predicted molar refractivity (Wildman–Crippen MR) is 142 cm³/mol. The van der Waals surface area contributed by atoms with Gasteiger partial charge in [-0.2, -0.15) is 0 Å². The zero-order valence-electron chi connectivity index (χ0n) is 23.4. The molecule has 18 nitrogen and oxygen atoms in total. The van der Waals surface area contributed by atoms with Crippen molar-refractivity contribution in [3.63, 3.8) is 0 Å². The van der Waals surface area contributed by atoms with Crippen LogP contribution in [0, 0.1) is 0 Å². The molecule has 18 heteroatoms. The number of nitrogens with two attached hydrogens (primary N) is 6. The Balaban J connectivity index is 1.51. The SMILES string of the molecule is CC(N)[C@@H]1CC[C@@H](N)[C@@H](O[C@@H]2[C@@H](N)[C@H](O)[C@@H](N)[C@H](O)[C@H]2O[C@@H]2O[C@H](CO)[C@@H](O[C@H]3O[C@@H](CN)[C@@H](O)[C@H](O)[C@H]3N)[C@H]2O)O1. The Bertz CT molecular complexity index is 867. The van der Waals surface area contributed by atoms with Crippen LogP contribution in [0.4, 0.5) is 0 Å². The second-order valence-electron chi connectivity index (χ2n) is 11.6. The second-order valence-corrected chi connectivity index (χ2v) is 11.6. The van der Waals surface area contributed by atoms with E-state index in [0.29, 0.717) is 12.8 Å². The van der Waals surface area contributed by atoms with Gasteiger partial charge in [0.15, 0.2) is 18.9 Å². The summed E-state index contributed by atoms with van der Waals surface area (Å²) >= 11 is 0. The molecule has 0 aromatic heterocycles. The highest BCUT2D eigenvalue weighted by Gasteiger charge is 2.55. The lowest BCUT2D eigenvalue weighted by atomic mass is 9.82. The molecule has 4 aliphatic rings. The predicted octanol–water partition coefficient (Wildman–Crippen LogP) is -7.48. The summed E-state index contributed by atoms with van der Waals surface area (Å²) in [6, 6.07) is -4.55. The minimum absolute atomic E-state index is 0.156. The van der Waals surface area contributed by atoms with Gasteiger partial charge in [0.25, 0.3) is 0 Å². The summed E-state index contributed by atoms with van der Waals surface area (Å²) in [5, 5.41) is 63.2. The topological polar surface area (TPSA) is 333 Å². The molecule has 0 spiro atoms. The maximum Gasteiger partial charge on any atom is 0.187 e. The molecule has 0 bridgehead atoms. The van der Waals surface area contributed by atoms with Crippen LogP contribution in [0.15, 0.2) is 0 Å². The van der Waals surface area contributed by atoms with Gasteiger partial charge in [0.2, 0.25) is 0 Å². The van der Waals surface area contributed by atoms with Crippen LogP contribution in [0.1, 0.15) is 19.8 Å². The van der Waals surface area contributed by atoms with Crippen molar-refractivity contribution in [3.8, 4) is 0 Å². The zero-order chi connectivity index (χ0) is 31.0. The Kier molecular flexibility index (Phi) is 11.5. The number of ether oxygens (including phenoxy) is 6. The molecule has 1 unspecified atom stereocenters. The fourth-order valence-electron chi connectivity index (χ4n) is 5.83. The molecular formula is C24H48N6O12. The van der Waals surface area contributed by atoms with Crippen molar-refractivity contribution >= 4 is 0 Å². The fourth-order valence-corrected chi connectivity index (χ4v) is 5.83. The van der Waals surface area contributed by atoms with E-state index in [1.807, 2.05) is 0 Å². The molecule has 0 aromatic rings. The minimum atomic E-state index is -1.60. The molecular weight excluding hydrogens is 564 g/mol. The van der Waals surface area contributed by atoms with E-state index < -0.39 is 111 Å². The van der Waals surface area contributed by atoms with Crippen LogP contribution in [0.25, 0.3) is 0 Å². The van der Waals surface area contributed by atoms with Gasteiger partial charge in [0.05, 0.1) is 43.0 Å². The van der Waals surface area contributed by atoms with Crippen LogP contribution in [0.5, 0.6) is 0 Å². The van der Waals surface area contributed by atoms with E-state index in [2.05, 4.69) is 0 Å². The fraction of sp³-hybridized carbons (Fsp3) is 1.00. The molecule has 19 atom stereocenters. The second kappa shape index (κ2) is 14.1. The van der Waals surface area contributed by atoms with E-state index >= 15 is 0 Å². The van der Waals surface area contributed by atoms with Crippen LogP contribution < -0.4 is 34.4 Å². The third-order valence-corrected chi connectivity index (χ3v) is 8.58. The Morgan fingerprint density at radius 2 is 1.29 bits per heavy atom. The van der Waals surface area contributed by atoms with Gasteiger partial charge >= 0.3 is 0 Å². The monoisotopic (exact) mass is 612 g/mol. The number of rotatable bonds is 9. The zero-order valence-corrected chi connectivity index (χ0v) is 23.4. The quantitative estimate of drug-likeness (QED) is 0.115. The molecule has 0 radical (unpaired) electrons. The van der Waals surface area contributed by atoms with Crippen molar-refractivity contribution in [1.82, 2.24) is 0 Å². The first-order valence-corrected chi connectivity index (χ1v) is 14.2. The van der Waals surface area contributed by atoms with Gasteiger partial charge in [-0.1, -0.05) is 0 Å². The molecule has 0 amide bonds. The molecule has 0 aromatic carbocycles. The van der Waals surface area contributed by atoms with Gasteiger partial charge < -0.3 is 93.5 Å². The van der Waals surface area contributed by atoms with E-state index in [1.165, 1.54) is 0 Å². The smallest absolute Gasteiger partial charge is 0.187 e. The van der Waals surface area contributed by atoms with Crippen molar-refractivity contribution in [2.75, 3.05) is 13.2 Å². The Morgan fingerprint density at radius 3 is 1.90 bits per heavy atom. The lowest BCUT2D eigenvalue weighted by Gasteiger charge is -2.48. The largest absolute Gasteiger partial charge is 0.394 e. The van der Waals surface area contributed by atoms with Crippen LogP contribution in [0.3, 0.4) is 0 Å². The van der Waals surface area contributed by atoms with Crippen molar-refractivity contribution in [2.24, 2.45) is 34.4 Å². The first kappa shape index (κ1) is 34.2. The van der Waals surface area contributed by atoms with Gasteiger partial charge in [-0.25, -0.2) is 0 Å². The standard InChI is InChI=1S/C24H48N6O12/c1-6(26)8-3-2-7(27)22(37-8)41-20-12(29)15(33)11(28)17(35)21(20)42-24-18(36)19(10(5-31)39-24)40-23-13(30)16(34)14(32)9(4-25)38-23/h6-24,31-36H,2-5,25-30H2,1H3/t6?,7-,8+,9+,10-,11-,12+,13-,14-,15-,16-,17+,18-,19-,20-,21-,22-,23-,24+/m1/s1. The highest BCUT2D eigenvalue weighted by molar-refractivity contribution is 5.05. The average Bonchev–Trinajstić information content (AvgIpc) is 3.26. The lowest BCUT2D eigenvalue weighted by Crippen LogP contribution is -2.71. The third kappa shape index (κ3) is 6.76. The van der Waals surface area contributed by atoms with E-state index in [1.54, 1.807) is 6.92 Å². The average molecular weight is 613 g/mol. The number of aliphatic hydroxyl groups excluding tert-OH is 6. The summed E-state index contributed by atoms with van der Waals surface area (Å²) in [7, 11) is 0. The van der Waals surface area contributed by atoms with E-state index in [9.17, 15) is 30.6 Å². The Labute approximate surface area is 243 Å². The van der Waals surface area contributed by atoms with Gasteiger partial charge in [0, 0.05) is 12.6 Å². The number of hydrogen-bond acceptors (Lipinski definition) is 18. The summed E-state index contributed by atoms with van der Waals surface area (Å²) < 4.78 is 35.1. The summed E-state index contributed by atoms with van der Waals surface area (Å²) in [5.74, 6) is 0. The van der Waals surface area contributed by atoms with Crippen molar-refractivity contribution in [3.05, 3.63) is 0 Å². The van der Waals surface area contributed by atoms with Crippen LogP contribution >= 0.6 is 0 Å². The summed E-state index contributed by atoms with van der Waals surface area (Å²) in [6.45, 7) is 0.988. The molecule has 246 valence electrons. The van der Waals surface area contributed by atoms with E-state index in [-0.39, 0.29) is 18.7 Å². The lowest BCUT2D eigenvalue weighted by molar-refractivity contribution is -0.296. The van der Waals surface area contributed by atoms with Crippen LogP contribution in [-0.2, 0) is 28.4 Å². The number of hydrogen-bond donors (Lipinski definition) is 12. The molecule has 3 saturated heterocycles. The molecule has 1 aliphatic carbocycles. The molecule has 42 heavy (non-hydrogen) atoms. The maximum atomic E-state index is 11.1. The van der Waals surface area contributed by atoms with Crippen LogP contribution in [-0.4, -0.2) is 160 Å². The van der Waals surface area contributed by atoms with Gasteiger partial charge in [-0.3, -0.25) is 0 Å². The first-order valence-electron chi connectivity index (χ1n) is 14.2. The highest BCUT2D eigenvalue weighted by atomic mass is 16.8. The molecule has 3 heterocycles. The summed E-state index contributed by atoms with van der Waals surface area (Å²) in [4.78, 5) is 0. The van der Waals surface area contributed by atoms with Crippen LogP contribution in [0.2, 0.25) is 0 Å². The number of aliphatic hydroxyl groups is 6. The normalized spacial score (nSPS) is 52.8. The van der Waals surface area contributed by atoms with Gasteiger partial charge in [-0.05, 0) is 19.8 Å². The van der Waals surface area contributed by atoms with Crippen molar-refractivity contribution < 1.29 is 59.1 Å². The molecule has 4 fully saturated rings. The maximum absolute atomic E-state index is 11.1. The Morgan fingerprint density at radius 1 is 0.667 bits per heavy atom. The minimum Gasteiger partial charge on any atom is -0.394 e. The molecule has 4 rings (SSSR count). The first-order chi connectivity index (χ1) is 19.8. The van der Waals surface area contributed by atoms with Gasteiger partial charge in [-0.15, -0.1) is 0 Å². The highest BCUT2D eigenvalue weighted by Crippen LogP contribution is 2.34. The van der Waals surface area contributed by atoms with E-state index in [0.717, 1.165) is 0 Å².